The Morgan fingerprint density at radius 2 is 1.65 bits per heavy atom. The standard InChI is InChI=1S/C20H17ClN2O3/c21-19-12-16(13-22-17-4-2-1-3-5-17)8-11-20(19)26-14-15-6-9-18(10-7-15)23(24)25/h1-12,22H,13-14H2. The molecule has 0 aromatic heterocycles. The maximum absolute atomic E-state index is 10.7. The molecule has 0 aliphatic carbocycles. The maximum atomic E-state index is 10.7. The third-order valence-corrected chi connectivity index (χ3v) is 4.10. The number of benzene rings is 3. The van der Waals surface area contributed by atoms with Gasteiger partial charge in [-0.3, -0.25) is 10.1 Å². The number of para-hydroxylation sites is 1. The minimum Gasteiger partial charge on any atom is -0.487 e. The first kappa shape index (κ1) is 17.8. The highest BCUT2D eigenvalue weighted by atomic mass is 35.5. The molecule has 0 aliphatic heterocycles. The van der Waals surface area contributed by atoms with Gasteiger partial charge in [-0.1, -0.05) is 35.9 Å². The molecule has 3 aromatic carbocycles. The van der Waals surface area contributed by atoms with E-state index < -0.39 is 4.92 Å². The van der Waals surface area contributed by atoms with Crippen molar-refractivity contribution in [3.8, 4) is 5.75 Å². The van der Waals surface area contributed by atoms with Gasteiger partial charge in [0.25, 0.3) is 5.69 Å². The minimum atomic E-state index is -0.427. The fourth-order valence-electron chi connectivity index (χ4n) is 2.41. The molecule has 0 aliphatic rings. The second kappa shape index (κ2) is 8.36. The summed E-state index contributed by atoms with van der Waals surface area (Å²) in [7, 11) is 0. The number of nitrogens with one attached hydrogen (secondary N) is 1. The highest BCUT2D eigenvalue weighted by Gasteiger charge is 2.06. The van der Waals surface area contributed by atoms with Gasteiger partial charge in [0, 0.05) is 24.4 Å². The number of hydrogen-bond acceptors (Lipinski definition) is 4. The smallest absolute Gasteiger partial charge is 0.269 e. The molecule has 0 saturated carbocycles. The average Bonchev–Trinajstić information content (AvgIpc) is 2.67. The third-order valence-electron chi connectivity index (χ3n) is 3.81. The third kappa shape index (κ3) is 4.74. The van der Waals surface area contributed by atoms with Crippen LogP contribution in [-0.2, 0) is 13.2 Å². The molecular formula is C20H17ClN2O3. The van der Waals surface area contributed by atoms with E-state index in [1.165, 1.54) is 12.1 Å². The van der Waals surface area contributed by atoms with Gasteiger partial charge >= 0.3 is 0 Å². The number of hydrogen-bond donors (Lipinski definition) is 1. The first-order valence-corrected chi connectivity index (χ1v) is 8.43. The number of nitrogens with zero attached hydrogens (tertiary/aromatic N) is 1. The Hall–Kier alpha value is -3.05. The van der Waals surface area contributed by atoms with Crippen LogP contribution < -0.4 is 10.1 Å². The van der Waals surface area contributed by atoms with Crippen LogP contribution in [0.5, 0.6) is 5.75 Å². The van der Waals surface area contributed by atoms with Crippen LogP contribution in [0.1, 0.15) is 11.1 Å². The molecule has 5 nitrogen and oxygen atoms in total. The normalized spacial score (nSPS) is 10.3. The molecule has 0 radical (unpaired) electrons. The molecule has 0 bridgehead atoms. The van der Waals surface area contributed by atoms with Gasteiger partial charge in [0.2, 0.25) is 0 Å². The molecule has 0 unspecified atom stereocenters. The highest BCUT2D eigenvalue weighted by Crippen LogP contribution is 2.27. The van der Waals surface area contributed by atoms with Crippen LogP contribution in [-0.4, -0.2) is 4.92 Å². The van der Waals surface area contributed by atoms with Gasteiger partial charge in [0.05, 0.1) is 9.95 Å². The molecular weight excluding hydrogens is 352 g/mol. The molecule has 0 amide bonds. The summed E-state index contributed by atoms with van der Waals surface area (Å²) in [5.41, 5.74) is 2.98. The second-order valence-corrected chi connectivity index (χ2v) is 6.10. The minimum absolute atomic E-state index is 0.0575. The van der Waals surface area contributed by atoms with Crippen molar-refractivity contribution in [1.82, 2.24) is 0 Å². The molecule has 0 fully saturated rings. The van der Waals surface area contributed by atoms with E-state index in [1.807, 2.05) is 48.5 Å². The Kier molecular flexibility index (Phi) is 5.71. The average molecular weight is 369 g/mol. The number of nitro benzene ring substituents is 1. The number of ether oxygens (including phenoxy) is 1. The number of halogens is 1. The van der Waals surface area contributed by atoms with Crippen LogP contribution in [0.4, 0.5) is 11.4 Å². The SMILES string of the molecule is O=[N+]([O-])c1ccc(COc2ccc(CNc3ccccc3)cc2Cl)cc1. The zero-order valence-electron chi connectivity index (χ0n) is 13.9. The van der Waals surface area contributed by atoms with Gasteiger partial charge in [0.15, 0.2) is 0 Å². The van der Waals surface area contributed by atoms with Gasteiger partial charge in [-0.05, 0) is 47.5 Å². The van der Waals surface area contributed by atoms with E-state index in [0.29, 0.717) is 23.9 Å². The van der Waals surface area contributed by atoms with Crippen molar-refractivity contribution < 1.29 is 9.66 Å². The summed E-state index contributed by atoms with van der Waals surface area (Å²) < 4.78 is 5.72. The van der Waals surface area contributed by atoms with E-state index in [1.54, 1.807) is 12.1 Å². The van der Waals surface area contributed by atoms with E-state index in [4.69, 9.17) is 16.3 Å². The quantitative estimate of drug-likeness (QED) is 0.445. The van der Waals surface area contributed by atoms with Gasteiger partial charge in [0.1, 0.15) is 12.4 Å². The second-order valence-electron chi connectivity index (χ2n) is 5.70. The van der Waals surface area contributed by atoms with E-state index in [-0.39, 0.29) is 5.69 Å². The lowest BCUT2D eigenvalue weighted by Crippen LogP contribution is -2.00. The lowest BCUT2D eigenvalue weighted by Gasteiger charge is -2.11. The van der Waals surface area contributed by atoms with E-state index in [2.05, 4.69) is 5.32 Å². The van der Waals surface area contributed by atoms with Crippen LogP contribution in [0.3, 0.4) is 0 Å². The van der Waals surface area contributed by atoms with Crippen molar-refractivity contribution >= 4 is 23.0 Å². The lowest BCUT2D eigenvalue weighted by molar-refractivity contribution is -0.384. The Morgan fingerprint density at radius 1 is 0.962 bits per heavy atom. The largest absolute Gasteiger partial charge is 0.487 e. The van der Waals surface area contributed by atoms with Gasteiger partial charge in [-0.25, -0.2) is 0 Å². The van der Waals surface area contributed by atoms with Crippen LogP contribution in [0, 0.1) is 10.1 Å². The number of rotatable bonds is 7. The first-order chi connectivity index (χ1) is 12.6. The number of non-ortho nitro benzene ring substituents is 1. The van der Waals surface area contributed by atoms with E-state index in [9.17, 15) is 10.1 Å². The van der Waals surface area contributed by atoms with Crippen LogP contribution in [0.15, 0.2) is 72.8 Å². The summed E-state index contributed by atoms with van der Waals surface area (Å²) in [6.45, 7) is 0.950. The zero-order chi connectivity index (χ0) is 18.4. The van der Waals surface area contributed by atoms with Crippen molar-refractivity contribution in [3.05, 3.63) is 99.1 Å². The van der Waals surface area contributed by atoms with Crippen molar-refractivity contribution in [1.29, 1.82) is 0 Å². The van der Waals surface area contributed by atoms with Gasteiger partial charge < -0.3 is 10.1 Å². The number of nitro groups is 1. The first-order valence-electron chi connectivity index (χ1n) is 8.05. The Morgan fingerprint density at radius 3 is 2.31 bits per heavy atom. The fraction of sp³-hybridized carbons (Fsp3) is 0.100. The molecule has 3 aromatic rings. The van der Waals surface area contributed by atoms with E-state index in [0.717, 1.165) is 16.8 Å². The molecule has 1 N–H and O–H groups in total. The Labute approximate surface area is 156 Å². The zero-order valence-corrected chi connectivity index (χ0v) is 14.6. The fourth-order valence-corrected chi connectivity index (χ4v) is 2.66. The predicted octanol–water partition coefficient (Wildman–Crippen LogP) is 5.44. The summed E-state index contributed by atoms with van der Waals surface area (Å²) in [5, 5.41) is 14.5. The lowest BCUT2D eigenvalue weighted by atomic mass is 10.2. The maximum Gasteiger partial charge on any atom is 0.269 e. The highest BCUT2D eigenvalue weighted by molar-refractivity contribution is 6.32. The molecule has 0 atom stereocenters. The topological polar surface area (TPSA) is 64.4 Å². The van der Waals surface area contributed by atoms with Crippen LogP contribution in [0.2, 0.25) is 5.02 Å². The van der Waals surface area contributed by atoms with E-state index >= 15 is 0 Å². The summed E-state index contributed by atoms with van der Waals surface area (Å²) >= 11 is 6.30. The molecule has 132 valence electrons. The van der Waals surface area contributed by atoms with Gasteiger partial charge in [-0.15, -0.1) is 0 Å². The summed E-state index contributed by atoms with van der Waals surface area (Å²) in [6.07, 6.45) is 0. The molecule has 26 heavy (non-hydrogen) atoms. The Bertz CT molecular complexity index is 883. The molecule has 0 spiro atoms. The molecule has 6 heteroatoms. The summed E-state index contributed by atoms with van der Waals surface area (Å²) in [5.74, 6) is 0.577. The van der Waals surface area contributed by atoms with Crippen molar-refractivity contribution in [2.24, 2.45) is 0 Å². The molecule has 0 heterocycles. The van der Waals surface area contributed by atoms with Crippen molar-refractivity contribution in [2.75, 3.05) is 5.32 Å². The van der Waals surface area contributed by atoms with Crippen molar-refractivity contribution in [3.63, 3.8) is 0 Å². The molecule has 0 saturated heterocycles. The summed E-state index contributed by atoms with van der Waals surface area (Å²) in [6, 6.07) is 21.8. The summed E-state index contributed by atoms with van der Waals surface area (Å²) in [4.78, 5) is 10.2. The van der Waals surface area contributed by atoms with Crippen LogP contribution in [0.25, 0.3) is 0 Å². The van der Waals surface area contributed by atoms with Crippen molar-refractivity contribution in [2.45, 2.75) is 13.2 Å². The van der Waals surface area contributed by atoms with Gasteiger partial charge in [-0.2, -0.15) is 0 Å². The predicted molar refractivity (Wildman–Crippen MR) is 103 cm³/mol. The monoisotopic (exact) mass is 368 g/mol. The number of anilines is 1. The van der Waals surface area contributed by atoms with Crippen LogP contribution >= 0.6 is 11.6 Å². The Balaban J connectivity index is 1.58. The molecule has 3 rings (SSSR count).